The maximum atomic E-state index is 12.6. The van der Waals surface area contributed by atoms with Crippen LogP contribution in [0.3, 0.4) is 0 Å². The van der Waals surface area contributed by atoms with Gasteiger partial charge in [-0.25, -0.2) is 0 Å². The molecule has 0 unspecified atom stereocenters. The molecule has 0 bridgehead atoms. The van der Waals surface area contributed by atoms with Crippen molar-refractivity contribution in [2.45, 2.75) is 51.7 Å². The van der Waals surface area contributed by atoms with Crippen molar-refractivity contribution in [3.05, 3.63) is 52.9 Å². The van der Waals surface area contributed by atoms with Crippen LogP contribution in [0.4, 0.5) is 0 Å². The minimum atomic E-state index is -0.392. The van der Waals surface area contributed by atoms with Crippen molar-refractivity contribution in [1.29, 1.82) is 0 Å². The third kappa shape index (κ3) is 4.19. The van der Waals surface area contributed by atoms with Gasteiger partial charge in [-0.3, -0.25) is 9.69 Å². The molecule has 29 heavy (non-hydrogen) atoms. The smallest absolute Gasteiger partial charge is 0.269 e. The molecule has 1 aromatic carbocycles. The number of oxime groups is 1. The first kappa shape index (κ1) is 19.6. The number of carbonyl (C=O) groups is 1. The summed E-state index contributed by atoms with van der Waals surface area (Å²) in [5.41, 5.74) is 3.37. The van der Waals surface area contributed by atoms with Gasteiger partial charge in [-0.15, -0.1) is 0 Å². The van der Waals surface area contributed by atoms with Crippen molar-refractivity contribution >= 4 is 11.6 Å². The summed E-state index contributed by atoms with van der Waals surface area (Å²) in [4.78, 5) is 20.7. The first-order chi connectivity index (χ1) is 14.0. The molecule has 0 radical (unpaired) electrons. The summed E-state index contributed by atoms with van der Waals surface area (Å²) in [7, 11) is 0. The van der Waals surface area contributed by atoms with E-state index in [1.807, 2.05) is 32.0 Å². The second-order valence-corrected chi connectivity index (χ2v) is 8.27. The molecule has 7 nitrogen and oxygen atoms in total. The Morgan fingerprint density at radius 1 is 1.31 bits per heavy atom. The highest BCUT2D eigenvalue weighted by atomic mass is 16.7. The predicted octanol–water partition coefficient (Wildman–Crippen LogP) is 2.93. The average molecular weight is 396 g/mol. The van der Waals surface area contributed by atoms with Gasteiger partial charge in [0.2, 0.25) is 0 Å². The molecule has 4 rings (SSSR count). The highest BCUT2D eigenvalue weighted by Crippen LogP contribution is 2.35. The third-order valence-electron chi connectivity index (χ3n) is 6.00. The molecule has 0 saturated carbocycles. The monoisotopic (exact) mass is 396 g/mol. The van der Waals surface area contributed by atoms with Gasteiger partial charge in [-0.1, -0.05) is 47.6 Å². The van der Waals surface area contributed by atoms with E-state index >= 15 is 0 Å². The fourth-order valence-corrected chi connectivity index (χ4v) is 4.12. The topological polar surface area (TPSA) is 80.0 Å². The van der Waals surface area contributed by atoms with Crippen molar-refractivity contribution in [3.63, 3.8) is 0 Å². The van der Waals surface area contributed by atoms with Gasteiger partial charge in [-0.2, -0.15) is 0 Å². The first-order valence-corrected chi connectivity index (χ1v) is 10.2. The van der Waals surface area contributed by atoms with Crippen LogP contribution >= 0.6 is 0 Å². The van der Waals surface area contributed by atoms with Gasteiger partial charge in [0.05, 0.1) is 5.69 Å². The number of aromatic nitrogens is 1. The lowest BCUT2D eigenvalue weighted by Crippen LogP contribution is -2.37. The number of hydrogen-bond acceptors (Lipinski definition) is 6. The average Bonchev–Trinajstić information content (AvgIpc) is 3.43. The molecule has 1 spiro atoms. The standard InChI is InChI=1S/C22H28N4O3/c1-15(18-7-5-4-6-8-18)12-23-21(27)20-11-22(29-25-20)9-10-26(14-22)13-19-16(2)24-28-17(19)3/h4-8,15H,9-14H2,1-3H3,(H,23,27)/t15-,22-/m1/s1. The normalized spacial score (nSPS) is 22.5. The molecule has 1 N–H and O–H groups in total. The number of benzene rings is 1. The Labute approximate surface area is 171 Å². The van der Waals surface area contributed by atoms with Crippen LogP contribution in [0.2, 0.25) is 0 Å². The van der Waals surface area contributed by atoms with Crippen molar-refractivity contribution in [3.8, 4) is 0 Å². The van der Waals surface area contributed by atoms with Gasteiger partial charge in [0.1, 0.15) is 11.5 Å². The zero-order chi connectivity index (χ0) is 20.4. The summed E-state index contributed by atoms with van der Waals surface area (Å²) >= 11 is 0. The summed E-state index contributed by atoms with van der Waals surface area (Å²) in [6, 6.07) is 10.2. The molecular weight excluding hydrogens is 368 g/mol. The number of amides is 1. The second-order valence-electron chi connectivity index (χ2n) is 8.27. The molecule has 2 aliphatic heterocycles. The van der Waals surface area contributed by atoms with E-state index in [9.17, 15) is 4.79 Å². The molecule has 1 saturated heterocycles. The zero-order valence-corrected chi connectivity index (χ0v) is 17.3. The van der Waals surface area contributed by atoms with Gasteiger partial charge in [0.15, 0.2) is 5.60 Å². The molecular formula is C22H28N4O3. The Balaban J connectivity index is 1.29. The van der Waals surface area contributed by atoms with Crippen LogP contribution in [0.15, 0.2) is 40.0 Å². The van der Waals surface area contributed by atoms with Crippen LogP contribution in [-0.2, 0) is 16.2 Å². The molecule has 7 heteroatoms. The predicted molar refractivity (Wildman–Crippen MR) is 110 cm³/mol. The van der Waals surface area contributed by atoms with Crippen molar-refractivity contribution in [2.75, 3.05) is 19.6 Å². The van der Waals surface area contributed by atoms with E-state index < -0.39 is 5.60 Å². The van der Waals surface area contributed by atoms with Gasteiger partial charge < -0.3 is 14.7 Å². The van der Waals surface area contributed by atoms with Crippen LogP contribution in [0, 0.1) is 13.8 Å². The molecule has 3 heterocycles. The van der Waals surface area contributed by atoms with Gasteiger partial charge in [0.25, 0.3) is 5.91 Å². The Morgan fingerprint density at radius 2 is 2.10 bits per heavy atom. The lowest BCUT2D eigenvalue weighted by Gasteiger charge is -2.21. The number of nitrogens with zero attached hydrogens (tertiary/aromatic N) is 3. The van der Waals surface area contributed by atoms with Gasteiger partial charge in [0, 0.05) is 44.6 Å². The fourth-order valence-electron chi connectivity index (χ4n) is 4.12. The van der Waals surface area contributed by atoms with Crippen molar-refractivity contribution in [1.82, 2.24) is 15.4 Å². The quantitative estimate of drug-likeness (QED) is 0.812. The van der Waals surface area contributed by atoms with E-state index in [1.165, 1.54) is 5.56 Å². The van der Waals surface area contributed by atoms with Crippen LogP contribution < -0.4 is 5.32 Å². The van der Waals surface area contributed by atoms with E-state index in [2.05, 4.69) is 39.6 Å². The molecule has 2 aliphatic rings. The third-order valence-corrected chi connectivity index (χ3v) is 6.00. The van der Waals surface area contributed by atoms with E-state index in [1.54, 1.807) is 0 Å². The Morgan fingerprint density at radius 3 is 2.83 bits per heavy atom. The van der Waals surface area contributed by atoms with Crippen LogP contribution in [0.25, 0.3) is 0 Å². The highest BCUT2D eigenvalue weighted by Gasteiger charge is 2.46. The lowest BCUT2D eigenvalue weighted by atomic mass is 9.96. The molecule has 154 valence electrons. The minimum absolute atomic E-state index is 0.131. The number of aryl methyl sites for hydroxylation is 2. The van der Waals surface area contributed by atoms with E-state index in [4.69, 9.17) is 9.36 Å². The number of rotatable bonds is 6. The summed E-state index contributed by atoms with van der Waals surface area (Å²) in [5.74, 6) is 0.975. The summed E-state index contributed by atoms with van der Waals surface area (Å²) in [6.07, 6.45) is 1.41. The number of nitrogens with one attached hydrogen (secondary N) is 1. The molecule has 1 amide bonds. The molecule has 2 aromatic rings. The summed E-state index contributed by atoms with van der Waals surface area (Å²) < 4.78 is 5.27. The van der Waals surface area contributed by atoms with Gasteiger partial charge >= 0.3 is 0 Å². The molecule has 2 atom stereocenters. The van der Waals surface area contributed by atoms with Crippen LogP contribution in [0.1, 0.15) is 48.3 Å². The number of carbonyl (C=O) groups excluding carboxylic acids is 1. The SMILES string of the molecule is Cc1noc(C)c1CN1CC[C@@]2(CC(C(=O)NC[C@@H](C)c3ccccc3)=NO2)C1. The Kier molecular flexibility index (Phi) is 5.41. The molecule has 0 aliphatic carbocycles. The Hall–Kier alpha value is -2.67. The molecule has 1 fully saturated rings. The Bertz CT molecular complexity index is 889. The fraction of sp³-hybridized carbons (Fsp3) is 0.500. The minimum Gasteiger partial charge on any atom is -0.387 e. The van der Waals surface area contributed by atoms with Crippen LogP contribution in [0.5, 0.6) is 0 Å². The summed E-state index contributed by atoms with van der Waals surface area (Å²) in [5, 5.41) is 11.2. The first-order valence-electron chi connectivity index (χ1n) is 10.2. The van der Waals surface area contributed by atoms with Gasteiger partial charge in [-0.05, 0) is 25.3 Å². The second kappa shape index (κ2) is 7.99. The van der Waals surface area contributed by atoms with E-state index in [-0.39, 0.29) is 11.8 Å². The molecule has 1 aromatic heterocycles. The van der Waals surface area contributed by atoms with Crippen LogP contribution in [-0.4, -0.2) is 46.9 Å². The highest BCUT2D eigenvalue weighted by molar-refractivity contribution is 6.39. The maximum absolute atomic E-state index is 12.6. The zero-order valence-electron chi connectivity index (χ0n) is 17.3. The largest absolute Gasteiger partial charge is 0.387 e. The lowest BCUT2D eigenvalue weighted by molar-refractivity contribution is -0.115. The maximum Gasteiger partial charge on any atom is 0.269 e. The number of likely N-dealkylation sites (tertiary alicyclic amines) is 1. The van der Waals surface area contributed by atoms with E-state index in [0.29, 0.717) is 18.7 Å². The van der Waals surface area contributed by atoms with Crippen molar-refractivity contribution in [2.24, 2.45) is 5.16 Å². The number of hydrogen-bond donors (Lipinski definition) is 1. The van der Waals surface area contributed by atoms with Crippen molar-refractivity contribution < 1.29 is 14.2 Å². The van der Waals surface area contributed by atoms with E-state index in [0.717, 1.165) is 43.1 Å². The summed E-state index contributed by atoms with van der Waals surface area (Å²) in [6.45, 7) is 9.02.